The van der Waals surface area contributed by atoms with Crippen molar-refractivity contribution in [3.63, 3.8) is 0 Å². The largest absolute Gasteiger partial charge is 0.493 e. The Morgan fingerprint density at radius 2 is 1.58 bits per heavy atom. The lowest BCUT2D eigenvalue weighted by molar-refractivity contribution is 0.355. The van der Waals surface area contributed by atoms with Gasteiger partial charge in [-0.3, -0.25) is 4.72 Å². The molecule has 5 nitrogen and oxygen atoms in total. The van der Waals surface area contributed by atoms with Crippen LogP contribution >= 0.6 is 0 Å². The van der Waals surface area contributed by atoms with E-state index in [2.05, 4.69) is 11.6 Å². The van der Waals surface area contributed by atoms with E-state index in [4.69, 9.17) is 9.47 Å². The van der Waals surface area contributed by atoms with Crippen LogP contribution in [0.25, 0.3) is 0 Å². The lowest BCUT2D eigenvalue weighted by Gasteiger charge is -2.12. The molecule has 0 fully saturated rings. The van der Waals surface area contributed by atoms with Gasteiger partial charge in [0.25, 0.3) is 10.0 Å². The number of benzene rings is 2. The van der Waals surface area contributed by atoms with E-state index < -0.39 is 10.0 Å². The van der Waals surface area contributed by atoms with Gasteiger partial charge in [0.15, 0.2) is 11.5 Å². The van der Waals surface area contributed by atoms with Crippen molar-refractivity contribution in [2.75, 3.05) is 18.9 Å². The molecule has 142 valence electrons. The van der Waals surface area contributed by atoms with E-state index in [1.165, 1.54) is 33.5 Å². The van der Waals surface area contributed by atoms with Crippen LogP contribution in [0.2, 0.25) is 0 Å². The van der Waals surface area contributed by atoms with Gasteiger partial charge in [-0.2, -0.15) is 0 Å². The molecule has 0 aliphatic heterocycles. The molecule has 0 heterocycles. The molecule has 6 heteroatoms. The smallest absolute Gasteiger partial charge is 0.261 e. The number of rotatable bonds is 10. The van der Waals surface area contributed by atoms with Crippen LogP contribution in [0.5, 0.6) is 11.5 Å². The molecular weight excluding hydrogens is 350 g/mol. The third kappa shape index (κ3) is 5.39. The Bertz CT molecular complexity index is 801. The molecule has 0 unspecified atom stereocenters. The summed E-state index contributed by atoms with van der Waals surface area (Å²) in [6.45, 7) is 2.19. The summed E-state index contributed by atoms with van der Waals surface area (Å²) < 4.78 is 38.1. The molecule has 0 aliphatic rings. The van der Waals surface area contributed by atoms with E-state index in [0.29, 0.717) is 17.2 Å². The highest BCUT2D eigenvalue weighted by atomic mass is 32.2. The highest BCUT2D eigenvalue weighted by Crippen LogP contribution is 2.30. The van der Waals surface area contributed by atoms with E-state index in [1.54, 1.807) is 30.3 Å². The van der Waals surface area contributed by atoms with Gasteiger partial charge in [0.2, 0.25) is 0 Å². The van der Waals surface area contributed by atoms with Crippen LogP contribution in [0.3, 0.4) is 0 Å². The number of aryl methyl sites for hydroxylation is 1. The van der Waals surface area contributed by atoms with Gasteiger partial charge in [0.05, 0.1) is 24.8 Å². The van der Waals surface area contributed by atoms with Crippen molar-refractivity contribution in [3.8, 4) is 11.5 Å². The third-order valence-electron chi connectivity index (χ3n) is 4.19. The van der Waals surface area contributed by atoms with Crippen LogP contribution in [0, 0.1) is 0 Å². The van der Waals surface area contributed by atoms with Gasteiger partial charge in [-0.05, 0) is 42.7 Å². The lowest BCUT2D eigenvalue weighted by atomic mass is 10.1. The van der Waals surface area contributed by atoms with Crippen LogP contribution in [0.4, 0.5) is 5.69 Å². The Kier molecular flexibility index (Phi) is 7.33. The molecule has 0 radical (unpaired) electrons. The normalized spacial score (nSPS) is 11.2. The van der Waals surface area contributed by atoms with Gasteiger partial charge in [-0.1, -0.05) is 38.3 Å². The number of sulfonamides is 1. The fourth-order valence-corrected chi connectivity index (χ4v) is 3.75. The molecule has 0 saturated heterocycles. The van der Waals surface area contributed by atoms with E-state index in [-0.39, 0.29) is 4.90 Å². The fourth-order valence-electron chi connectivity index (χ4n) is 2.70. The summed E-state index contributed by atoms with van der Waals surface area (Å²) in [7, 11) is -0.608. The van der Waals surface area contributed by atoms with Gasteiger partial charge < -0.3 is 9.47 Å². The first-order valence-corrected chi connectivity index (χ1v) is 10.3. The maximum atomic E-state index is 12.6. The quantitative estimate of drug-likeness (QED) is 0.613. The van der Waals surface area contributed by atoms with Crippen LogP contribution < -0.4 is 14.2 Å². The zero-order valence-electron chi connectivity index (χ0n) is 15.6. The summed E-state index contributed by atoms with van der Waals surface area (Å²) in [6.07, 6.45) is 5.76. The first-order chi connectivity index (χ1) is 12.5. The number of ether oxygens (including phenoxy) is 2. The summed E-state index contributed by atoms with van der Waals surface area (Å²) in [6, 6.07) is 12.0. The average Bonchev–Trinajstić information content (AvgIpc) is 2.65. The van der Waals surface area contributed by atoms with Gasteiger partial charge in [-0.15, -0.1) is 0 Å². The molecule has 1 N–H and O–H groups in total. The Hall–Kier alpha value is -2.21. The molecule has 26 heavy (non-hydrogen) atoms. The summed E-state index contributed by atoms with van der Waals surface area (Å²) >= 11 is 0. The number of nitrogens with one attached hydrogen (secondary N) is 1. The maximum Gasteiger partial charge on any atom is 0.261 e. The predicted molar refractivity (Wildman–Crippen MR) is 105 cm³/mol. The average molecular weight is 378 g/mol. The second kappa shape index (κ2) is 9.48. The monoisotopic (exact) mass is 377 g/mol. The summed E-state index contributed by atoms with van der Waals surface area (Å²) in [5.41, 5.74) is 1.58. The Morgan fingerprint density at radius 1 is 0.885 bits per heavy atom. The van der Waals surface area contributed by atoms with Crippen LogP contribution in [-0.4, -0.2) is 22.6 Å². The van der Waals surface area contributed by atoms with E-state index in [0.717, 1.165) is 18.4 Å². The number of unbranched alkanes of at least 4 members (excludes halogenated alkanes) is 3. The summed E-state index contributed by atoms with van der Waals surface area (Å²) in [4.78, 5) is 0.240. The Labute approximate surface area is 156 Å². The molecule has 0 aromatic heterocycles. The van der Waals surface area contributed by atoms with Crippen molar-refractivity contribution in [2.45, 2.75) is 43.9 Å². The molecule has 0 bridgehead atoms. The van der Waals surface area contributed by atoms with Gasteiger partial charge in [-0.25, -0.2) is 8.42 Å². The topological polar surface area (TPSA) is 64.6 Å². The molecule has 0 atom stereocenters. The third-order valence-corrected chi connectivity index (χ3v) is 5.59. The molecule has 0 spiro atoms. The van der Waals surface area contributed by atoms with Gasteiger partial charge in [0.1, 0.15) is 0 Å². The van der Waals surface area contributed by atoms with Crippen LogP contribution in [0.1, 0.15) is 38.2 Å². The van der Waals surface area contributed by atoms with Gasteiger partial charge >= 0.3 is 0 Å². The van der Waals surface area contributed by atoms with Crippen molar-refractivity contribution in [3.05, 3.63) is 48.0 Å². The van der Waals surface area contributed by atoms with Crippen molar-refractivity contribution in [2.24, 2.45) is 0 Å². The van der Waals surface area contributed by atoms with E-state index in [1.807, 2.05) is 12.1 Å². The van der Waals surface area contributed by atoms with Crippen molar-refractivity contribution < 1.29 is 17.9 Å². The standard InChI is InChI=1S/C20H27NO4S/c1-4-5-6-7-8-16-9-12-18(13-10-16)26(22,23)21-17-11-14-19(24-2)20(15-17)25-3/h9-15,21H,4-8H2,1-3H3. The zero-order valence-corrected chi connectivity index (χ0v) is 16.4. The second-order valence-electron chi connectivity index (χ2n) is 6.13. The fraction of sp³-hybridized carbons (Fsp3) is 0.400. The number of methoxy groups -OCH3 is 2. The molecule has 0 amide bonds. The predicted octanol–water partition coefficient (Wildman–Crippen LogP) is 4.63. The molecule has 2 aromatic rings. The molecule has 0 aliphatic carbocycles. The first kappa shape index (κ1) is 20.1. The van der Waals surface area contributed by atoms with Crippen LogP contribution in [-0.2, 0) is 16.4 Å². The van der Waals surface area contributed by atoms with Crippen LogP contribution in [0.15, 0.2) is 47.4 Å². The lowest BCUT2D eigenvalue weighted by Crippen LogP contribution is -2.13. The molecule has 0 saturated carbocycles. The minimum absolute atomic E-state index is 0.240. The second-order valence-corrected chi connectivity index (χ2v) is 7.81. The van der Waals surface area contributed by atoms with Crippen molar-refractivity contribution >= 4 is 15.7 Å². The maximum absolute atomic E-state index is 12.6. The SMILES string of the molecule is CCCCCCc1ccc(S(=O)(=O)Nc2ccc(OC)c(OC)c2)cc1. The number of hydrogen-bond acceptors (Lipinski definition) is 4. The first-order valence-electron chi connectivity index (χ1n) is 8.84. The zero-order chi connectivity index (χ0) is 19.0. The number of hydrogen-bond donors (Lipinski definition) is 1. The Morgan fingerprint density at radius 3 is 2.19 bits per heavy atom. The van der Waals surface area contributed by atoms with Crippen molar-refractivity contribution in [1.29, 1.82) is 0 Å². The highest BCUT2D eigenvalue weighted by Gasteiger charge is 2.15. The number of anilines is 1. The van der Waals surface area contributed by atoms with Crippen molar-refractivity contribution in [1.82, 2.24) is 0 Å². The highest BCUT2D eigenvalue weighted by molar-refractivity contribution is 7.92. The minimum atomic E-state index is -3.65. The van der Waals surface area contributed by atoms with E-state index in [9.17, 15) is 8.42 Å². The summed E-state index contributed by atoms with van der Waals surface area (Å²) in [5.74, 6) is 1.01. The Balaban J connectivity index is 2.07. The summed E-state index contributed by atoms with van der Waals surface area (Å²) in [5, 5.41) is 0. The molecule has 2 rings (SSSR count). The molecular formula is C20H27NO4S. The minimum Gasteiger partial charge on any atom is -0.493 e. The molecule has 2 aromatic carbocycles. The van der Waals surface area contributed by atoms with Gasteiger partial charge in [0, 0.05) is 6.07 Å². The van der Waals surface area contributed by atoms with E-state index >= 15 is 0 Å².